The van der Waals surface area contributed by atoms with Gasteiger partial charge in [0.2, 0.25) is 0 Å². The highest BCUT2D eigenvalue weighted by molar-refractivity contribution is 14.0. The maximum atomic E-state index is 6.35. The van der Waals surface area contributed by atoms with Crippen LogP contribution in [0.3, 0.4) is 0 Å². The van der Waals surface area contributed by atoms with Gasteiger partial charge in [-0.05, 0) is 45.2 Å². The van der Waals surface area contributed by atoms with Crippen LogP contribution in [0.1, 0.15) is 45.1 Å². The van der Waals surface area contributed by atoms with E-state index in [1.165, 1.54) is 12.8 Å². The quantitative estimate of drug-likeness (QED) is 0.275. The molecule has 0 bridgehead atoms. The van der Waals surface area contributed by atoms with Gasteiger partial charge in [-0.1, -0.05) is 19.1 Å². The van der Waals surface area contributed by atoms with Crippen LogP contribution < -0.4 is 20.1 Å². The maximum Gasteiger partial charge on any atom is 0.191 e. The number of likely N-dealkylation sites (N-methyl/N-ethyl adjacent to an activating group) is 1. The minimum atomic E-state index is 0. The zero-order valence-electron chi connectivity index (χ0n) is 20.2. The summed E-state index contributed by atoms with van der Waals surface area (Å²) in [5.41, 5.74) is 1.10. The van der Waals surface area contributed by atoms with Crippen LogP contribution in [0.5, 0.6) is 11.5 Å². The van der Waals surface area contributed by atoms with E-state index in [4.69, 9.17) is 9.47 Å². The molecule has 0 amide bonds. The molecule has 1 unspecified atom stereocenters. The number of aliphatic imine (C=N–C) groups is 1. The Morgan fingerprint density at radius 1 is 1.16 bits per heavy atom. The summed E-state index contributed by atoms with van der Waals surface area (Å²) >= 11 is 0. The smallest absolute Gasteiger partial charge is 0.191 e. The Hall–Kier alpha value is -1.26. The number of nitrogens with zero attached hydrogens (tertiary/aromatic N) is 3. The largest absolute Gasteiger partial charge is 0.493 e. The normalized spacial score (nSPS) is 19.3. The molecule has 7 nitrogen and oxygen atoms in total. The van der Waals surface area contributed by atoms with Gasteiger partial charge in [0.05, 0.1) is 13.2 Å². The van der Waals surface area contributed by atoms with Crippen LogP contribution in [-0.4, -0.2) is 81.3 Å². The van der Waals surface area contributed by atoms with E-state index in [0.717, 1.165) is 75.1 Å². The van der Waals surface area contributed by atoms with Gasteiger partial charge in [0.1, 0.15) is 0 Å². The molecule has 1 atom stereocenters. The van der Waals surface area contributed by atoms with Gasteiger partial charge in [0.25, 0.3) is 0 Å². The molecule has 182 valence electrons. The maximum absolute atomic E-state index is 6.35. The summed E-state index contributed by atoms with van der Waals surface area (Å²) in [6.45, 7) is 11.8. The predicted molar refractivity (Wildman–Crippen MR) is 143 cm³/mol. The number of methoxy groups -OCH3 is 1. The first kappa shape index (κ1) is 27.0. The summed E-state index contributed by atoms with van der Waals surface area (Å²) in [5.74, 6) is 2.48. The molecule has 1 heterocycles. The van der Waals surface area contributed by atoms with Gasteiger partial charge in [-0.3, -0.25) is 9.89 Å². The van der Waals surface area contributed by atoms with Gasteiger partial charge in [0, 0.05) is 57.9 Å². The van der Waals surface area contributed by atoms with Crippen molar-refractivity contribution in [3.05, 3.63) is 23.8 Å². The van der Waals surface area contributed by atoms with Crippen molar-refractivity contribution in [2.75, 3.05) is 53.4 Å². The second kappa shape index (κ2) is 14.1. The third kappa shape index (κ3) is 7.66. The molecule has 1 aliphatic heterocycles. The number of hydrogen-bond acceptors (Lipinski definition) is 5. The van der Waals surface area contributed by atoms with E-state index in [0.29, 0.717) is 18.7 Å². The van der Waals surface area contributed by atoms with E-state index < -0.39 is 0 Å². The summed E-state index contributed by atoms with van der Waals surface area (Å²) in [7, 11) is 3.53. The second-order valence-electron chi connectivity index (χ2n) is 8.60. The summed E-state index contributed by atoms with van der Waals surface area (Å²) in [5, 5.41) is 6.95. The molecular formula is C24H42IN5O2. The van der Waals surface area contributed by atoms with Crippen LogP contribution in [0.15, 0.2) is 23.2 Å². The lowest BCUT2D eigenvalue weighted by molar-refractivity contribution is 0.107. The second-order valence-corrected chi connectivity index (χ2v) is 8.60. The fourth-order valence-electron chi connectivity index (χ4n) is 4.46. The van der Waals surface area contributed by atoms with Crippen molar-refractivity contribution in [1.82, 2.24) is 20.4 Å². The lowest BCUT2D eigenvalue weighted by Crippen LogP contribution is -2.53. The molecule has 1 aromatic carbocycles. The van der Waals surface area contributed by atoms with Crippen molar-refractivity contribution in [3.63, 3.8) is 0 Å². The van der Waals surface area contributed by atoms with Crippen molar-refractivity contribution in [2.45, 2.75) is 58.2 Å². The molecule has 0 radical (unpaired) electrons. The standard InChI is InChI=1S/C24H41N5O2.HI/c1-5-28-13-15-29(16-14-28)19(2)17-26-24(25-3)27-18-20-9-8-12-22(30-4)23(20)31-21-10-6-7-11-21;/h8-9,12,19,21H,5-7,10-11,13-18H2,1-4H3,(H2,25,26,27);1H. The molecule has 3 rings (SSSR count). The van der Waals surface area contributed by atoms with Crippen LogP contribution in [0, 0.1) is 0 Å². The summed E-state index contributed by atoms with van der Waals surface area (Å²) in [6.07, 6.45) is 5.03. The average Bonchev–Trinajstić information content (AvgIpc) is 3.33. The van der Waals surface area contributed by atoms with Crippen LogP contribution >= 0.6 is 24.0 Å². The van der Waals surface area contributed by atoms with E-state index in [2.05, 4.69) is 45.3 Å². The molecule has 0 spiro atoms. The van der Waals surface area contributed by atoms with Gasteiger partial charge >= 0.3 is 0 Å². The van der Waals surface area contributed by atoms with Crippen LogP contribution in [0.25, 0.3) is 0 Å². The Balaban J connectivity index is 0.00000363. The Morgan fingerprint density at radius 2 is 1.88 bits per heavy atom. The van der Waals surface area contributed by atoms with Crippen LogP contribution in [-0.2, 0) is 6.54 Å². The minimum Gasteiger partial charge on any atom is -0.493 e. The van der Waals surface area contributed by atoms with Gasteiger partial charge in [-0.2, -0.15) is 0 Å². The number of rotatable bonds is 9. The first-order valence-corrected chi connectivity index (χ1v) is 11.9. The topological polar surface area (TPSA) is 61.4 Å². The number of benzene rings is 1. The molecule has 8 heteroatoms. The number of piperazine rings is 1. The van der Waals surface area contributed by atoms with Gasteiger partial charge in [0.15, 0.2) is 17.5 Å². The van der Waals surface area contributed by atoms with Gasteiger partial charge in [-0.15, -0.1) is 24.0 Å². The highest BCUT2D eigenvalue weighted by atomic mass is 127. The first-order chi connectivity index (χ1) is 15.1. The third-order valence-electron chi connectivity index (χ3n) is 6.58. The Bertz CT molecular complexity index is 704. The molecule has 32 heavy (non-hydrogen) atoms. The monoisotopic (exact) mass is 559 g/mol. The molecule has 2 fully saturated rings. The molecule has 1 saturated heterocycles. The SMILES string of the molecule is CCN1CCN(C(C)CNC(=NC)NCc2cccc(OC)c2OC2CCCC2)CC1.I. The fourth-order valence-corrected chi connectivity index (χ4v) is 4.46. The van der Waals surface area contributed by atoms with Crippen molar-refractivity contribution in [1.29, 1.82) is 0 Å². The van der Waals surface area contributed by atoms with Crippen LogP contribution in [0.4, 0.5) is 0 Å². The van der Waals surface area contributed by atoms with Gasteiger partial charge in [-0.25, -0.2) is 0 Å². The highest BCUT2D eigenvalue weighted by Crippen LogP contribution is 2.34. The Morgan fingerprint density at radius 3 is 2.50 bits per heavy atom. The molecule has 1 aliphatic carbocycles. The third-order valence-corrected chi connectivity index (χ3v) is 6.58. The summed E-state index contributed by atoms with van der Waals surface area (Å²) < 4.78 is 11.9. The van der Waals surface area contributed by atoms with Gasteiger partial charge < -0.3 is 25.0 Å². The van der Waals surface area contributed by atoms with Crippen molar-refractivity contribution in [3.8, 4) is 11.5 Å². The lowest BCUT2D eigenvalue weighted by Gasteiger charge is -2.37. The van der Waals surface area contributed by atoms with E-state index in [1.54, 1.807) is 7.11 Å². The summed E-state index contributed by atoms with van der Waals surface area (Å²) in [4.78, 5) is 9.48. The number of halogens is 1. The Kier molecular flexibility index (Phi) is 11.9. The average molecular weight is 560 g/mol. The predicted octanol–water partition coefficient (Wildman–Crippen LogP) is 3.33. The van der Waals surface area contributed by atoms with Crippen molar-refractivity contribution in [2.24, 2.45) is 4.99 Å². The van der Waals surface area contributed by atoms with Crippen LogP contribution in [0.2, 0.25) is 0 Å². The Labute approximate surface area is 211 Å². The molecule has 0 aromatic heterocycles. The highest BCUT2D eigenvalue weighted by Gasteiger charge is 2.22. The molecule has 2 N–H and O–H groups in total. The number of hydrogen-bond donors (Lipinski definition) is 2. The van der Waals surface area contributed by atoms with E-state index in [1.807, 2.05) is 19.2 Å². The number of nitrogens with one attached hydrogen (secondary N) is 2. The number of ether oxygens (including phenoxy) is 2. The molecular weight excluding hydrogens is 517 g/mol. The lowest BCUT2D eigenvalue weighted by atomic mass is 10.1. The summed E-state index contributed by atoms with van der Waals surface area (Å²) in [6, 6.07) is 6.56. The van der Waals surface area contributed by atoms with E-state index >= 15 is 0 Å². The van der Waals surface area contributed by atoms with E-state index in [9.17, 15) is 0 Å². The zero-order valence-corrected chi connectivity index (χ0v) is 22.6. The molecule has 1 aromatic rings. The molecule has 2 aliphatic rings. The van der Waals surface area contributed by atoms with Crippen molar-refractivity contribution < 1.29 is 9.47 Å². The molecule has 1 saturated carbocycles. The number of guanidine groups is 1. The van der Waals surface area contributed by atoms with Crippen molar-refractivity contribution >= 4 is 29.9 Å². The minimum absolute atomic E-state index is 0. The van der Waals surface area contributed by atoms with E-state index in [-0.39, 0.29) is 24.0 Å². The fraction of sp³-hybridized carbons (Fsp3) is 0.708. The zero-order chi connectivity index (χ0) is 22.1. The first-order valence-electron chi connectivity index (χ1n) is 11.9. The number of para-hydroxylation sites is 1.